The summed E-state index contributed by atoms with van der Waals surface area (Å²) in [5.74, 6) is -0.293. The minimum absolute atomic E-state index is 0.284. The van der Waals surface area contributed by atoms with E-state index in [0.29, 0.717) is 33.6 Å². The van der Waals surface area contributed by atoms with Gasteiger partial charge in [0.2, 0.25) is 5.13 Å². The normalized spacial score (nSPS) is 15.0. The molecule has 0 unspecified atom stereocenters. The van der Waals surface area contributed by atoms with Gasteiger partial charge in [0.1, 0.15) is 10.7 Å². The number of aromatic nitrogens is 3. The van der Waals surface area contributed by atoms with Gasteiger partial charge in [-0.15, -0.1) is 10.2 Å². The van der Waals surface area contributed by atoms with Gasteiger partial charge >= 0.3 is 5.97 Å². The lowest BCUT2D eigenvalue weighted by Crippen LogP contribution is -2.14. The van der Waals surface area contributed by atoms with Crippen LogP contribution in [0.2, 0.25) is 0 Å². The lowest BCUT2D eigenvalue weighted by Gasteiger charge is -2.18. The number of nitrogens with zero attached hydrogens (tertiary/aromatic N) is 2. The van der Waals surface area contributed by atoms with E-state index in [2.05, 4.69) is 20.5 Å². The van der Waals surface area contributed by atoms with E-state index in [4.69, 9.17) is 4.74 Å². The molecule has 0 saturated heterocycles. The van der Waals surface area contributed by atoms with Crippen molar-refractivity contribution < 1.29 is 14.3 Å². The molecule has 0 bridgehead atoms. The van der Waals surface area contributed by atoms with Gasteiger partial charge in [0.25, 0.3) is 5.91 Å². The van der Waals surface area contributed by atoms with Crippen LogP contribution in [0.4, 0.5) is 5.13 Å². The van der Waals surface area contributed by atoms with Crippen LogP contribution in [0.25, 0.3) is 0 Å². The molecule has 0 spiro atoms. The van der Waals surface area contributed by atoms with Crippen LogP contribution in [0.5, 0.6) is 0 Å². The van der Waals surface area contributed by atoms with Gasteiger partial charge in [-0.1, -0.05) is 30.6 Å². The molecule has 2 heterocycles. The summed E-state index contributed by atoms with van der Waals surface area (Å²) in [6.07, 6.45) is 6.02. The summed E-state index contributed by atoms with van der Waals surface area (Å²) in [6, 6.07) is 0. The molecule has 1 saturated carbocycles. The number of carbonyl (C=O) groups is 2. The van der Waals surface area contributed by atoms with Crippen molar-refractivity contribution in [1.82, 2.24) is 15.2 Å². The highest BCUT2D eigenvalue weighted by atomic mass is 32.1. The van der Waals surface area contributed by atoms with Crippen molar-refractivity contribution in [3.05, 3.63) is 27.5 Å². The number of nitrogens with one attached hydrogen (secondary N) is 2. The van der Waals surface area contributed by atoms with Crippen LogP contribution >= 0.6 is 11.3 Å². The fraction of sp³-hybridized carbons (Fsp3) is 0.556. The Bertz CT molecular complexity index is 805. The number of hydrogen-bond acceptors (Lipinski definition) is 6. The number of esters is 1. The zero-order chi connectivity index (χ0) is 18.7. The molecule has 8 heteroatoms. The molecular formula is C18H24N4O3S. The molecule has 2 N–H and O–H groups in total. The second kappa shape index (κ2) is 7.99. The molecule has 0 aliphatic heterocycles. The monoisotopic (exact) mass is 376 g/mol. The molecule has 0 atom stereocenters. The number of hydrogen-bond donors (Lipinski definition) is 2. The van der Waals surface area contributed by atoms with Crippen molar-refractivity contribution in [2.45, 2.75) is 58.8 Å². The highest BCUT2D eigenvalue weighted by Gasteiger charge is 2.24. The van der Waals surface area contributed by atoms with Crippen molar-refractivity contribution >= 4 is 28.3 Å². The minimum Gasteiger partial charge on any atom is -0.461 e. The van der Waals surface area contributed by atoms with Crippen LogP contribution in [-0.2, 0) is 4.74 Å². The zero-order valence-corrected chi connectivity index (χ0v) is 16.2. The van der Waals surface area contributed by atoms with E-state index in [1.807, 2.05) is 0 Å². The summed E-state index contributed by atoms with van der Waals surface area (Å²) in [7, 11) is 0. The molecule has 7 nitrogen and oxygen atoms in total. The van der Waals surface area contributed by atoms with Crippen LogP contribution in [0, 0.1) is 13.8 Å². The van der Waals surface area contributed by atoms with Crippen molar-refractivity contribution in [3.63, 3.8) is 0 Å². The summed E-state index contributed by atoms with van der Waals surface area (Å²) in [6.45, 7) is 5.53. The first kappa shape index (κ1) is 18.6. The maximum atomic E-state index is 12.7. The topological polar surface area (TPSA) is 97.0 Å². The minimum atomic E-state index is -0.456. The number of amides is 1. The third kappa shape index (κ3) is 3.80. The Labute approximate surface area is 156 Å². The van der Waals surface area contributed by atoms with Crippen molar-refractivity contribution in [3.8, 4) is 0 Å². The predicted octanol–water partition coefficient (Wildman–Crippen LogP) is 3.96. The lowest BCUT2D eigenvalue weighted by atomic mass is 9.90. The van der Waals surface area contributed by atoms with Gasteiger partial charge in [0, 0.05) is 11.6 Å². The standard InChI is InChI=1S/C18H24N4O3S/c1-4-25-17(24)14-10(2)13(11(3)19-14)15(23)20-18-22-21-16(26-18)12-8-6-5-7-9-12/h12,19H,4-9H2,1-3H3,(H,20,22,23). The van der Waals surface area contributed by atoms with Crippen molar-refractivity contribution in [2.24, 2.45) is 0 Å². The largest absolute Gasteiger partial charge is 0.461 e. The van der Waals surface area contributed by atoms with E-state index in [1.54, 1.807) is 20.8 Å². The molecule has 26 heavy (non-hydrogen) atoms. The first-order valence-corrected chi connectivity index (χ1v) is 9.84. The summed E-state index contributed by atoms with van der Waals surface area (Å²) in [5.41, 5.74) is 1.97. The van der Waals surface area contributed by atoms with Gasteiger partial charge in [-0.05, 0) is 39.2 Å². The maximum Gasteiger partial charge on any atom is 0.355 e. The number of carbonyl (C=O) groups excluding carboxylic acids is 2. The number of anilines is 1. The quantitative estimate of drug-likeness (QED) is 0.770. The number of aryl methyl sites for hydroxylation is 1. The second-order valence-corrected chi connectivity index (χ2v) is 7.59. The van der Waals surface area contributed by atoms with E-state index >= 15 is 0 Å². The van der Waals surface area contributed by atoms with Gasteiger partial charge in [0.05, 0.1) is 12.2 Å². The Balaban J connectivity index is 1.74. The Kier molecular flexibility index (Phi) is 5.70. The SMILES string of the molecule is CCOC(=O)c1[nH]c(C)c(C(=O)Nc2nnc(C3CCCCC3)s2)c1C. The highest BCUT2D eigenvalue weighted by molar-refractivity contribution is 7.15. The van der Waals surface area contributed by atoms with E-state index in [-0.39, 0.29) is 12.5 Å². The van der Waals surface area contributed by atoms with Gasteiger partial charge < -0.3 is 9.72 Å². The molecule has 2 aromatic heterocycles. The molecule has 1 fully saturated rings. The molecule has 0 aromatic carbocycles. The van der Waals surface area contributed by atoms with E-state index in [9.17, 15) is 9.59 Å². The molecule has 0 radical (unpaired) electrons. The highest BCUT2D eigenvalue weighted by Crippen LogP contribution is 2.35. The average Bonchev–Trinajstić information content (AvgIpc) is 3.20. The van der Waals surface area contributed by atoms with Gasteiger partial charge in [0.15, 0.2) is 0 Å². The van der Waals surface area contributed by atoms with Crippen LogP contribution < -0.4 is 5.32 Å². The predicted molar refractivity (Wildman–Crippen MR) is 99.9 cm³/mol. The Morgan fingerprint density at radius 2 is 1.96 bits per heavy atom. The summed E-state index contributed by atoms with van der Waals surface area (Å²) < 4.78 is 5.02. The average molecular weight is 376 g/mol. The van der Waals surface area contributed by atoms with Crippen LogP contribution in [-0.4, -0.2) is 33.7 Å². The fourth-order valence-electron chi connectivity index (χ4n) is 3.46. The van der Waals surface area contributed by atoms with Crippen LogP contribution in [0.3, 0.4) is 0 Å². The van der Waals surface area contributed by atoms with Crippen molar-refractivity contribution in [1.29, 1.82) is 0 Å². The molecule has 1 aliphatic carbocycles. The summed E-state index contributed by atoms with van der Waals surface area (Å²) in [4.78, 5) is 27.6. The number of aromatic amines is 1. The molecule has 140 valence electrons. The molecule has 2 aromatic rings. The smallest absolute Gasteiger partial charge is 0.355 e. The van der Waals surface area contributed by atoms with Crippen LogP contribution in [0.1, 0.15) is 82.1 Å². The van der Waals surface area contributed by atoms with E-state index in [1.165, 1.54) is 30.6 Å². The molecular weight excluding hydrogens is 352 g/mol. The van der Waals surface area contributed by atoms with Gasteiger partial charge in [-0.3, -0.25) is 10.1 Å². The molecule has 3 rings (SSSR count). The third-order valence-electron chi connectivity index (χ3n) is 4.76. The van der Waals surface area contributed by atoms with E-state index < -0.39 is 5.97 Å². The molecule has 1 aliphatic rings. The lowest BCUT2D eigenvalue weighted by molar-refractivity contribution is 0.0519. The Morgan fingerprint density at radius 1 is 1.23 bits per heavy atom. The second-order valence-electron chi connectivity index (χ2n) is 6.58. The van der Waals surface area contributed by atoms with Crippen LogP contribution in [0.15, 0.2) is 0 Å². The summed E-state index contributed by atoms with van der Waals surface area (Å²) >= 11 is 1.44. The van der Waals surface area contributed by atoms with Gasteiger partial charge in [-0.2, -0.15) is 0 Å². The number of rotatable bonds is 5. The van der Waals surface area contributed by atoms with Gasteiger partial charge in [-0.25, -0.2) is 4.79 Å². The van der Waals surface area contributed by atoms with Crippen molar-refractivity contribution in [2.75, 3.05) is 11.9 Å². The number of ether oxygens (including phenoxy) is 1. The fourth-order valence-corrected chi connectivity index (χ4v) is 4.36. The number of H-pyrrole nitrogens is 1. The van der Waals surface area contributed by atoms with E-state index in [0.717, 1.165) is 17.8 Å². The zero-order valence-electron chi connectivity index (χ0n) is 15.3. The maximum absolute atomic E-state index is 12.7. The first-order chi connectivity index (χ1) is 12.5. The molecule has 1 amide bonds. The third-order valence-corrected chi connectivity index (χ3v) is 5.76. The Hall–Kier alpha value is -2.22. The first-order valence-electron chi connectivity index (χ1n) is 9.02. The Morgan fingerprint density at radius 3 is 2.65 bits per heavy atom. The summed E-state index contributed by atoms with van der Waals surface area (Å²) in [5, 5.41) is 12.7.